The summed E-state index contributed by atoms with van der Waals surface area (Å²) in [5.41, 5.74) is 0. The first kappa shape index (κ1) is 17.2. The lowest BCUT2D eigenvalue weighted by Gasteiger charge is -2.14. The number of ether oxygens (including phenoxy) is 1. The van der Waals surface area contributed by atoms with Crippen molar-refractivity contribution in [2.45, 2.75) is 6.92 Å². The summed E-state index contributed by atoms with van der Waals surface area (Å²) in [6, 6.07) is 0. The van der Waals surface area contributed by atoms with Crippen molar-refractivity contribution in [1.82, 2.24) is 4.90 Å². The highest BCUT2D eigenvalue weighted by atomic mass is 31.2. The van der Waals surface area contributed by atoms with Crippen LogP contribution in [0.2, 0.25) is 0 Å². The molecule has 0 spiro atoms. The highest BCUT2D eigenvalue weighted by molar-refractivity contribution is 7.47. The number of amides is 1. The maximum Gasteiger partial charge on any atom is 0.472 e. The summed E-state index contributed by atoms with van der Waals surface area (Å²) in [6.45, 7) is 1.73. The van der Waals surface area contributed by atoms with Crippen molar-refractivity contribution in [3.05, 3.63) is 0 Å². The Kier molecular flexibility index (Phi) is 8.78. The predicted octanol–water partition coefficient (Wildman–Crippen LogP) is 0.909. The number of carbonyl (C=O) groups excluding carboxylic acids is 1. The molecule has 106 valence electrons. The van der Waals surface area contributed by atoms with E-state index in [1.165, 1.54) is 6.21 Å². The number of hydrogen-bond donors (Lipinski definition) is 1. The Morgan fingerprint density at radius 3 is 2.50 bits per heavy atom. The molecule has 0 aromatic carbocycles. The van der Waals surface area contributed by atoms with E-state index in [1.807, 2.05) is 0 Å². The van der Waals surface area contributed by atoms with Crippen LogP contribution in [0.1, 0.15) is 6.92 Å². The van der Waals surface area contributed by atoms with Gasteiger partial charge in [-0.1, -0.05) is 0 Å². The van der Waals surface area contributed by atoms with E-state index < -0.39 is 13.9 Å². The molecule has 0 saturated heterocycles. The zero-order valence-electron chi connectivity index (χ0n) is 10.7. The third-order valence-corrected chi connectivity index (χ3v) is 2.61. The fourth-order valence-electron chi connectivity index (χ4n) is 0.800. The van der Waals surface area contributed by atoms with Gasteiger partial charge in [0.1, 0.15) is 6.61 Å². The quantitative estimate of drug-likeness (QED) is 0.401. The van der Waals surface area contributed by atoms with E-state index in [2.05, 4.69) is 18.8 Å². The van der Waals surface area contributed by atoms with Gasteiger partial charge >= 0.3 is 13.9 Å². The number of aliphatic imine (C=N–C) groups is 1. The molecule has 0 rings (SSSR count). The molecule has 8 nitrogen and oxygen atoms in total. The van der Waals surface area contributed by atoms with Crippen molar-refractivity contribution in [1.29, 1.82) is 0 Å². The average molecular weight is 282 g/mol. The molecule has 0 aliphatic carbocycles. The number of phosphoric acid groups is 1. The van der Waals surface area contributed by atoms with Gasteiger partial charge in [-0.2, -0.15) is 4.99 Å². The van der Waals surface area contributed by atoms with Crippen LogP contribution in [0.4, 0.5) is 4.79 Å². The van der Waals surface area contributed by atoms with Crippen LogP contribution in [-0.4, -0.2) is 62.6 Å². The lowest BCUT2D eigenvalue weighted by atomic mass is 10.6. The highest BCUT2D eigenvalue weighted by Crippen LogP contribution is 2.42. The fourth-order valence-corrected chi connectivity index (χ4v) is 1.49. The number of hydrogen-bond acceptors (Lipinski definition) is 6. The number of rotatable bonds is 8. The van der Waals surface area contributed by atoms with Crippen molar-refractivity contribution in [2.75, 3.05) is 40.5 Å². The average Bonchev–Trinajstić information content (AvgIpc) is 2.24. The molecule has 0 aliphatic heterocycles. The van der Waals surface area contributed by atoms with Gasteiger partial charge in [-0.25, -0.2) is 9.36 Å². The van der Waals surface area contributed by atoms with Crippen molar-refractivity contribution in [2.24, 2.45) is 4.99 Å². The molecule has 1 amide bonds. The SMILES string of the molecule is CC=NC(=O)OCCOP(=O)(O)OCCN(C)C. The molecule has 0 fully saturated rings. The molecule has 1 atom stereocenters. The summed E-state index contributed by atoms with van der Waals surface area (Å²) < 4.78 is 25.1. The number of carbonyl (C=O) groups is 1. The monoisotopic (exact) mass is 282 g/mol. The zero-order chi connectivity index (χ0) is 14.0. The molecule has 1 unspecified atom stereocenters. The molecule has 0 saturated carbocycles. The molecule has 0 aromatic heterocycles. The third kappa shape index (κ3) is 10.4. The summed E-state index contributed by atoms with van der Waals surface area (Å²) in [5.74, 6) is 0. The Morgan fingerprint density at radius 2 is 1.94 bits per heavy atom. The van der Waals surface area contributed by atoms with Crippen molar-refractivity contribution < 1.29 is 28.0 Å². The highest BCUT2D eigenvalue weighted by Gasteiger charge is 2.20. The Balaban J connectivity index is 3.70. The number of likely N-dealkylation sites (N-methyl/N-ethyl adjacent to an activating group) is 1. The maximum atomic E-state index is 11.3. The van der Waals surface area contributed by atoms with Gasteiger partial charge in [0.2, 0.25) is 0 Å². The van der Waals surface area contributed by atoms with Crippen LogP contribution < -0.4 is 0 Å². The van der Waals surface area contributed by atoms with Crippen LogP contribution in [0.25, 0.3) is 0 Å². The van der Waals surface area contributed by atoms with Crippen LogP contribution in [0.3, 0.4) is 0 Å². The van der Waals surface area contributed by atoms with Crippen molar-refractivity contribution in [3.63, 3.8) is 0 Å². The van der Waals surface area contributed by atoms with Crippen molar-refractivity contribution >= 4 is 20.1 Å². The van der Waals surface area contributed by atoms with E-state index in [9.17, 15) is 14.3 Å². The number of phosphoric ester groups is 1. The van der Waals surface area contributed by atoms with Crippen molar-refractivity contribution in [3.8, 4) is 0 Å². The minimum Gasteiger partial charge on any atom is -0.445 e. The van der Waals surface area contributed by atoms with E-state index in [-0.39, 0.29) is 19.8 Å². The lowest BCUT2D eigenvalue weighted by molar-refractivity contribution is 0.101. The van der Waals surface area contributed by atoms with E-state index in [1.54, 1.807) is 25.9 Å². The first-order chi connectivity index (χ1) is 8.37. The maximum absolute atomic E-state index is 11.3. The van der Waals surface area contributed by atoms with E-state index in [4.69, 9.17) is 0 Å². The van der Waals surface area contributed by atoms with Gasteiger partial charge in [0.05, 0.1) is 13.2 Å². The molecule has 0 aliphatic rings. The standard InChI is InChI=1S/C9H19N2O6P/c1-4-10-9(12)15-7-8-17-18(13,14)16-6-5-11(2)3/h4H,5-8H2,1-3H3,(H,13,14). The summed E-state index contributed by atoms with van der Waals surface area (Å²) in [7, 11) is -0.469. The molecule has 0 bridgehead atoms. The Bertz CT molecular complexity index is 320. The minimum atomic E-state index is -4.08. The largest absolute Gasteiger partial charge is 0.472 e. The lowest BCUT2D eigenvalue weighted by Crippen LogP contribution is -2.18. The smallest absolute Gasteiger partial charge is 0.445 e. The zero-order valence-corrected chi connectivity index (χ0v) is 11.6. The van der Waals surface area contributed by atoms with E-state index >= 15 is 0 Å². The van der Waals surface area contributed by atoms with Gasteiger partial charge in [-0.15, -0.1) is 0 Å². The summed E-state index contributed by atoms with van der Waals surface area (Å²) in [5, 5.41) is 0. The van der Waals surface area contributed by atoms with Gasteiger partial charge in [0.15, 0.2) is 0 Å². The molecule has 1 N–H and O–H groups in total. The van der Waals surface area contributed by atoms with Crippen LogP contribution in [0.15, 0.2) is 4.99 Å². The Labute approximate surface area is 106 Å². The topological polar surface area (TPSA) is 97.7 Å². The molecule has 0 aromatic rings. The first-order valence-corrected chi connectivity index (χ1v) is 6.79. The van der Waals surface area contributed by atoms with E-state index in [0.29, 0.717) is 6.54 Å². The Morgan fingerprint density at radius 1 is 1.33 bits per heavy atom. The van der Waals surface area contributed by atoms with Crippen LogP contribution in [0, 0.1) is 0 Å². The van der Waals surface area contributed by atoms with Gasteiger partial charge in [0, 0.05) is 12.8 Å². The summed E-state index contributed by atoms with van der Waals surface area (Å²) in [6.07, 6.45) is 0.507. The number of nitrogens with zero attached hydrogens (tertiary/aromatic N) is 2. The predicted molar refractivity (Wildman–Crippen MR) is 65.8 cm³/mol. The van der Waals surface area contributed by atoms with Crippen LogP contribution in [-0.2, 0) is 18.3 Å². The fraction of sp³-hybridized carbons (Fsp3) is 0.778. The summed E-state index contributed by atoms with van der Waals surface area (Å²) in [4.78, 5) is 25.1. The second kappa shape index (κ2) is 9.18. The Hall–Kier alpha value is -0.790. The van der Waals surface area contributed by atoms with E-state index in [0.717, 1.165) is 0 Å². The second-order valence-electron chi connectivity index (χ2n) is 3.44. The van der Waals surface area contributed by atoms with Crippen LogP contribution >= 0.6 is 7.82 Å². The molecule has 9 heteroatoms. The molecule has 0 heterocycles. The van der Waals surface area contributed by atoms with Gasteiger partial charge in [-0.3, -0.25) is 9.05 Å². The molecule has 0 radical (unpaired) electrons. The van der Waals surface area contributed by atoms with Gasteiger partial charge in [-0.05, 0) is 21.0 Å². The van der Waals surface area contributed by atoms with Gasteiger partial charge in [0.25, 0.3) is 0 Å². The minimum absolute atomic E-state index is 0.0701. The van der Waals surface area contributed by atoms with Gasteiger partial charge < -0.3 is 14.5 Å². The second-order valence-corrected chi connectivity index (χ2v) is 4.89. The molecular formula is C9H19N2O6P. The first-order valence-electron chi connectivity index (χ1n) is 5.29. The normalized spacial score (nSPS) is 14.9. The molecule has 18 heavy (non-hydrogen) atoms. The summed E-state index contributed by atoms with van der Waals surface area (Å²) >= 11 is 0. The third-order valence-electron chi connectivity index (χ3n) is 1.59. The molecular weight excluding hydrogens is 263 g/mol. The van der Waals surface area contributed by atoms with Crippen LogP contribution in [0.5, 0.6) is 0 Å².